The first-order valence-corrected chi connectivity index (χ1v) is 12.1. The molecule has 4 saturated carbocycles. The smallest absolute Gasteiger partial charge is 0.0916 e. The van der Waals surface area contributed by atoms with Gasteiger partial charge in [0.05, 0.1) is 11.7 Å². The number of hydrogen-bond donors (Lipinski definition) is 2. The summed E-state index contributed by atoms with van der Waals surface area (Å²) in [4.78, 5) is 4.29. The summed E-state index contributed by atoms with van der Waals surface area (Å²) in [6.07, 6.45) is 14.4. The molecule has 0 aliphatic heterocycles. The van der Waals surface area contributed by atoms with E-state index in [0.29, 0.717) is 17.3 Å². The predicted octanol–water partition coefficient (Wildman–Crippen LogP) is 5.31. The van der Waals surface area contributed by atoms with Crippen molar-refractivity contribution < 1.29 is 10.2 Å². The number of hydrogen-bond acceptors (Lipinski definition) is 3. The molecule has 29 heavy (non-hydrogen) atoms. The minimum absolute atomic E-state index is 0.0658. The lowest BCUT2D eigenvalue weighted by Gasteiger charge is -2.61. The highest BCUT2D eigenvalue weighted by Crippen LogP contribution is 2.69. The first kappa shape index (κ1) is 20.0. The predicted molar refractivity (Wildman–Crippen MR) is 115 cm³/mol. The number of rotatable bonds is 2. The molecule has 4 aliphatic carbocycles. The number of pyridine rings is 1. The molecule has 4 aliphatic rings. The van der Waals surface area contributed by atoms with E-state index in [2.05, 4.69) is 24.9 Å². The number of fused-ring (bicyclic) bond motifs is 5. The van der Waals surface area contributed by atoms with Crippen molar-refractivity contribution in [2.24, 2.45) is 40.4 Å². The second kappa shape index (κ2) is 6.79. The van der Waals surface area contributed by atoms with E-state index in [-0.39, 0.29) is 11.5 Å². The number of aliphatic hydroxyl groups is 2. The van der Waals surface area contributed by atoms with E-state index in [4.69, 9.17) is 0 Å². The Kier molecular flexibility index (Phi) is 4.68. The van der Waals surface area contributed by atoms with Gasteiger partial charge < -0.3 is 10.2 Å². The fourth-order valence-electron chi connectivity index (χ4n) is 9.02. The van der Waals surface area contributed by atoms with Crippen LogP contribution < -0.4 is 0 Å². The van der Waals surface area contributed by atoms with Crippen LogP contribution in [0, 0.1) is 40.4 Å². The molecule has 9 atom stereocenters. The maximum absolute atomic E-state index is 11.7. The Morgan fingerprint density at radius 2 is 1.76 bits per heavy atom. The van der Waals surface area contributed by atoms with Gasteiger partial charge in [-0.2, -0.15) is 0 Å². The van der Waals surface area contributed by atoms with E-state index >= 15 is 0 Å². The molecule has 1 heterocycles. The topological polar surface area (TPSA) is 53.4 Å². The third-order valence-electron chi connectivity index (χ3n) is 10.6. The molecule has 0 aromatic carbocycles. The zero-order valence-corrected chi connectivity index (χ0v) is 18.5. The van der Waals surface area contributed by atoms with Gasteiger partial charge in [0.15, 0.2) is 0 Å². The van der Waals surface area contributed by atoms with Crippen molar-refractivity contribution in [3.63, 3.8) is 0 Å². The van der Waals surface area contributed by atoms with Crippen LogP contribution in [0.3, 0.4) is 0 Å². The van der Waals surface area contributed by atoms with Crippen molar-refractivity contribution in [1.29, 1.82) is 0 Å². The lowest BCUT2D eigenvalue weighted by atomic mass is 9.44. The van der Waals surface area contributed by atoms with E-state index in [0.717, 1.165) is 42.6 Å². The molecule has 0 spiro atoms. The molecule has 1 aromatic rings. The summed E-state index contributed by atoms with van der Waals surface area (Å²) >= 11 is 0. The molecule has 1 aromatic heterocycles. The summed E-state index contributed by atoms with van der Waals surface area (Å²) in [5.74, 6) is 3.38. The second-order valence-electron chi connectivity index (χ2n) is 11.6. The van der Waals surface area contributed by atoms with Gasteiger partial charge in [0.25, 0.3) is 0 Å². The molecule has 2 N–H and O–H groups in total. The van der Waals surface area contributed by atoms with Crippen LogP contribution in [-0.4, -0.2) is 21.3 Å². The van der Waals surface area contributed by atoms with Crippen LogP contribution in [0.2, 0.25) is 0 Å². The molecule has 0 amide bonds. The summed E-state index contributed by atoms with van der Waals surface area (Å²) in [7, 11) is 0. The molecule has 0 saturated heterocycles. The van der Waals surface area contributed by atoms with Gasteiger partial charge in [0.1, 0.15) is 0 Å². The monoisotopic (exact) mass is 397 g/mol. The summed E-state index contributed by atoms with van der Waals surface area (Å²) < 4.78 is 0. The Morgan fingerprint density at radius 1 is 1.00 bits per heavy atom. The molecule has 3 nitrogen and oxygen atoms in total. The zero-order valence-electron chi connectivity index (χ0n) is 18.5. The minimum atomic E-state index is -0.805. The van der Waals surface area contributed by atoms with Crippen LogP contribution in [0.1, 0.15) is 84.1 Å². The third-order valence-corrected chi connectivity index (χ3v) is 10.6. The second-order valence-corrected chi connectivity index (χ2v) is 11.6. The SMILES string of the molecule is C[C@]12CC[C@H](O)C[C@@H]1CC[C@@H]1[C@@H]2CC[C@@]2(C)[C@H]1CC[C@@H]2[C@@](C)(O)c1cccnc1. The van der Waals surface area contributed by atoms with E-state index in [1.165, 1.54) is 38.5 Å². The summed E-state index contributed by atoms with van der Waals surface area (Å²) in [6, 6.07) is 4.00. The molecule has 3 heteroatoms. The van der Waals surface area contributed by atoms with Crippen molar-refractivity contribution in [2.45, 2.75) is 90.3 Å². The number of nitrogens with zero attached hydrogens (tertiary/aromatic N) is 1. The van der Waals surface area contributed by atoms with Gasteiger partial charge in [0.2, 0.25) is 0 Å². The Balaban J connectivity index is 1.43. The quantitative estimate of drug-likeness (QED) is 0.711. The van der Waals surface area contributed by atoms with Crippen LogP contribution in [0.5, 0.6) is 0 Å². The normalized spacial score (nSPS) is 48.9. The van der Waals surface area contributed by atoms with Crippen molar-refractivity contribution in [3.8, 4) is 0 Å². The van der Waals surface area contributed by atoms with E-state index < -0.39 is 5.60 Å². The van der Waals surface area contributed by atoms with Gasteiger partial charge in [-0.1, -0.05) is 19.9 Å². The average Bonchev–Trinajstić information content (AvgIpc) is 3.07. The molecule has 0 radical (unpaired) electrons. The fourth-order valence-corrected chi connectivity index (χ4v) is 9.02. The van der Waals surface area contributed by atoms with E-state index in [1.807, 2.05) is 19.2 Å². The third kappa shape index (κ3) is 2.86. The standard InChI is InChI=1S/C26H39NO2/c1-24-12-10-19(28)15-17(24)6-7-20-21-8-9-23(25(21,2)13-11-22(20)24)26(3,29)18-5-4-14-27-16-18/h4-5,14,16-17,19-23,28-29H,6-13,15H2,1-3H3/t17-,19-,20-,21-,22-,23-,24-,25-,26-/m0/s1. The van der Waals surface area contributed by atoms with Crippen molar-refractivity contribution >= 4 is 0 Å². The molecular formula is C26H39NO2. The lowest BCUT2D eigenvalue weighted by Crippen LogP contribution is -2.55. The minimum Gasteiger partial charge on any atom is -0.393 e. The fraction of sp³-hybridized carbons (Fsp3) is 0.808. The molecule has 0 bridgehead atoms. The highest BCUT2D eigenvalue weighted by Gasteiger charge is 2.62. The Morgan fingerprint density at radius 3 is 2.52 bits per heavy atom. The molecule has 4 fully saturated rings. The Labute approximate surface area is 176 Å². The number of aromatic nitrogens is 1. The molecular weight excluding hydrogens is 358 g/mol. The summed E-state index contributed by atoms with van der Waals surface area (Å²) in [5, 5.41) is 21.9. The van der Waals surface area contributed by atoms with Crippen molar-refractivity contribution in [3.05, 3.63) is 30.1 Å². The van der Waals surface area contributed by atoms with Crippen LogP contribution in [-0.2, 0) is 5.60 Å². The summed E-state index contributed by atoms with van der Waals surface area (Å²) in [6.45, 7) is 7.09. The largest absolute Gasteiger partial charge is 0.393 e. The molecule has 160 valence electrons. The van der Waals surface area contributed by atoms with Gasteiger partial charge in [-0.15, -0.1) is 0 Å². The molecule has 0 unspecified atom stereocenters. The average molecular weight is 398 g/mol. The van der Waals surface area contributed by atoms with Crippen LogP contribution >= 0.6 is 0 Å². The van der Waals surface area contributed by atoms with Crippen molar-refractivity contribution in [1.82, 2.24) is 4.98 Å². The zero-order chi connectivity index (χ0) is 20.4. The van der Waals surface area contributed by atoms with Gasteiger partial charge in [-0.3, -0.25) is 4.98 Å². The molecule has 5 rings (SSSR count). The lowest BCUT2D eigenvalue weighted by molar-refractivity contribution is -0.145. The number of aliphatic hydroxyl groups excluding tert-OH is 1. The first-order valence-electron chi connectivity index (χ1n) is 12.1. The van der Waals surface area contributed by atoms with Crippen LogP contribution in [0.15, 0.2) is 24.5 Å². The highest BCUT2D eigenvalue weighted by molar-refractivity contribution is 5.22. The van der Waals surface area contributed by atoms with Gasteiger partial charge in [0, 0.05) is 18.0 Å². The van der Waals surface area contributed by atoms with Gasteiger partial charge >= 0.3 is 0 Å². The maximum atomic E-state index is 11.7. The Bertz CT molecular complexity index is 748. The van der Waals surface area contributed by atoms with Crippen LogP contribution in [0.25, 0.3) is 0 Å². The van der Waals surface area contributed by atoms with Gasteiger partial charge in [-0.05, 0) is 111 Å². The van der Waals surface area contributed by atoms with Gasteiger partial charge in [-0.25, -0.2) is 0 Å². The first-order chi connectivity index (χ1) is 13.8. The highest BCUT2D eigenvalue weighted by atomic mass is 16.3. The van der Waals surface area contributed by atoms with Crippen LogP contribution in [0.4, 0.5) is 0 Å². The van der Waals surface area contributed by atoms with E-state index in [1.54, 1.807) is 6.20 Å². The Hall–Kier alpha value is -0.930. The summed E-state index contributed by atoms with van der Waals surface area (Å²) in [5.41, 5.74) is 0.817. The van der Waals surface area contributed by atoms with E-state index in [9.17, 15) is 10.2 Å². The van der Waals surface area contributed by atoms with Crippen molar-refractivity contribution in [2.75, 3.05) is 0 Å². The maximum Gasteiger partial charge on any atom is 0.0916 e.